The fourth-order valence-corrected chi connectivity index (χ4v) is 1.53. The third kappa shape index (κ3) is 6.54. The first kappa shape index (κ1) is 15.7. The molecule has 0 heterocycles. The van der Waals surface area contributed by atoms with Crippen LogP contribution < -0.4 is 0 Å². The highest BCUT2D eigenvalue weighted by Gasteiger charge is 2.06. The molecule has 0 fully saturated rings. The number of hydrogen-bond acceptors (Lipinski definition) is 4. The zero-order valence-electron chi connectivity index (χ0n) is 11.6. The maximum Gasteiger partial charge on any atom is 0.330 e. The molecule has 1 atom stereocenters. The molecule has 0 aliphatic carbocycles. The van der Waals surface area contributed by atoms with Crippen LogP contribution in [0.1, 0.15) is 18.9 Å². The normalized spacial score (nSPS) is 12.5. The lowest BCUT2D eigenvalue weighted by atomic mass is 10.1. The molecular weight excluding hydrogens is 256 g/mol. The molecule has 1 rings (SSSR count). The molecule has 0 saturated heterocycles. The molecule has 0 saturated carbocycles. The van der Waals surface area contributed by atoms with Crippen LogP contribution in [0.2, 0.25) is 0 Å². The summed E-state index contributed by atoms with van der Waals surface area (Å²) < 4.78 is 9.65. The van der Waals surface area contributed by atoms with Gasteiger partial charge in [0.2, 0.25) is 0 Å². The zero-order valence-corrected chi connectivity index (χ0v) is 11.6. The van der Waals surface area contributed by atoms with E-state index in [4.69, 9.17) is 4.74 Å². The van der Waals surface area contributed by atoms with Gasteiger partial charge in [-0.15, -0.1) is 0 Å². The van der Waals surface area contributed by atoms with Crippen LogP contribution in [0.5, 0.6) is 0 Å². The number of hydrogen-bond donors (Lipinski definition) is 0. The lowest BCUT2D eigenvalue weighted by Gasteiger charge is -2.10. The van der Waals surface area contributed by atoms with Gasteiger partial charge in [-0.05, 0) is 11.6 Å². The Morgan fingerprint density at radius 2 is 1.95 bits per heavy atom. The van der Waals surface area contributed by atoms with Gasteiger partial charge in [0.25, 0.3) is 0 Å². The van der Waals surface area contributed by atoms with Crippen LogP contribution in [0.4, 0.5) is 0 Å². The average molecular weight is 274 g/mol. The molecule has 4 heteroatoms. The van der Waals surface area contributed by atoms with E-state index >= 15 is 0 Å². The van der Waals surface area contributed by atoms with Crippen molar-refractivity contribution in [3.05, 3.63) is 54.1 Å². The van der Waals surface area contributed by atoms with Gasteiger partial charge >= 0.3 is 11.9 Å². The number of carbonyl (C=O) groups excluding carboxylic acids is 2. The Kier molecular flexibility index (Phi) is 6.82. The molecule has 4 nitrogen and oxygen atoms in total. The minimum absolute atomic E-state index is 0.362. The maximum absolute atomic E-state index is 11.0. The maximum atomic E-state index is 11.0. The van der Waals surface area contributed by atoms with E-state index in [1.807, 2.05) is 36.4 Å². The third-order valence-corrected chi connectivity index (χ3v) is 2.44. The van der Waals surface area contributed by atoms with Crippen LogP contribution in [0.25, 0.3) is 6.08 Å². The fraction of sp³-hybridized carbons (Fsp3) is 0.250. The molecular formula is C16H18O4. The minimum Gasteiger partial charge on any atom is -0.466 e. The van der Waals surface area contributed by atoms with Crippen molar-refractivity contribution in [3.8, 4) is 0 Å². The molecule has 0 bridgehead atoms. The number of esters is 2. The molecule has 0 aliphatic rings. The quantitative estimate of drug-likeness (QED) is 0.591. The molecule has 0 amide bonds. The van der Waals surface area contributed by atoms with Crippen LogP contribution in [0.3, 0.4) is 0 Å². The molecule has 0 aliphatic heterocycles. The first-order valence-electron chi connectivity index (χ1n) is 6.26. The Hall–Kier alpha value is -2.36. The Labute approximate surface area is 118 Å². The van der Waals surface area contributed by atoms with Gasteiger partial charge in [0.05, 0.1) is 7.11 Å². The van der Waals surface area contributed by atoms with Crippen molar-refractivity contribution in [2.24, 2.45) is 0 Å². The van der Waals surface area contributed by atoms with Crippen molar-refractivity contribution in [1.29, 1.82) is 0 Å². The summed E-state index contributed by atoms with van der Waals surface area (Å²) in [5.74, 6) is -0.794. The van der Waals surface area contributed by atoms with E-state index in [0.717, 1.165) is 5.56 Å². The summed E-state index contributed by atoms with van der Waals surface area (Å²) in [5.41, 5.74) is 1.02. The summed E-state index contributed by atoms with van der Waals surface area (Å²) >= 11 is 0. The monoisotopic (exact) mass is 274 g/mol. The van der Waals surface area contributed by atoms with Gasteiger partial charge in [-0.1, -0.05) is 42.5 Å². The Morgan fingerprint density at radius 1 is 1.25 bits per heavy atom. The van der Waals surface area contributed by atoms with Crippen molar-refractivity contribution >= 4 is 18.0 Å². The highest BCUT2D eigenvalue weighted by molar-refractivity contribution is 5.81. The standard InChI is InChI=1S/C16H18O4/c1-13(17)20-15(9-6-10-16(18)19-2)12-11-14-7-4-3-5-8-14/h3-8,10-12,15H,9H2,1-2H3/b10-6+,12-11+. The molecule has 0 aromatic heterocycles. The molecule has 1 aromatic rings. The van der Waals surface area contributed by atoms with Gasteiger partial charge in [-0.25, -0.2) is 4.79 Å². The van der Waals surface area contributed by atoms with E-state index in [0.29, 0.717) is 6.42 Å². The van der Waals surface area contributed by atoms with Gasteiger partial charge in [0, 0.05) is 19.4 Å². The largest absolute Gasteiger partial charge is 0.466 e. The van der Waals surface area contributed by atoms with Crippen molar-refractivity contribution in [3.63, 3.8) is 0 Å². The number of benzene rings is 1. The first-order valence-corrected chi connectivity index (χ1v) is 6.26. The molecule has 0 N–H and O–H groups in total. The van der Waals surface area contributed by atoms with Gasteiger partial charge in [0.15, 0.2) is 0 Å². The highest BCUT2D eigenvalue weighted by Crippen LogP contribution is 2.08. The van der Waals surface area contributed by atoms with Crippen molar-refractivity contribution in [1.82, 2.24) is 0 Å². The van der Waals surface area contributed by atoms with Crippen molar-refractivity contribution in [2.45, 2.75) is 19.4 Å². The second-order valence-electron chi connectivity index (χ2n) is 4.08. The van der Waals surface area contributed by atoms with Gasteiger partial charge in [0.1, 0.15) is 6.10 Å². The molecule has 0 radical (unpaired) electrons. The second kappa shape index (κ2) is 8.69. The number of rotatable bonds is 6. The highest BCUT2D eigenvalue weighted by atomic mass is 16.5. The first-order chi connectivity index (χ1) is 9.61. The molecule has 1 aromatic carbocycles. The van der Waals surface area contributed by atoms with E-state index in [1.165, 1.54) is 20.1 Å². The summed E-state index contributed by atoms with van der Waals surface area (Å²) in [7, 11) is 1.31. The van der Waals surface area contributed by atoms with E-state index < -0.39 is 12.1 Å². The molecule has 0 spiro atoms. The van der Waals surface area contributed by atoms with Crippen molar-refractivity contribution < 1.29 is 19.1 Å². The predicted molar refractivity (Wildman–Crippen MR) is 76.8 cm³/mol. The lowest BCUT2D eigenvalue weighted by Crippen LogP contribution is -2.12. The summed E-state index contributed by atoms with van der Waals surface area (Å²) in [4.78, 5) is 22.0. The van der Waals surface area contributed by atoms with Crippen LogP contribution in [-0.2, 0) is 19.1 Å². The van der Waals surface area contributed by atoms with Crippen LogP contribution in [0, 0.1) is 0 Å². The summed E-state index contributed by atoms with van der Waals surface area (Å²) in [6.45, 7) is 1.35. The average Bonchev–Trinajstić information content (AvgIpc) is 2.45. The van der Waals surface area contributed by atoms with Gasteiger partial charge in [-0.2, -0.15) is 0 Å². The molecule has 1 unspecified atom stereocenters. The van der Waals surface area contributed by atoms with Gasteiger partial charge < -0.3 is 9.47 Å². The van der Waals surface area contributed by atoms with Crippen LogP contribution >= 0.6 is 0 Å². The minimum atomic E-state index is -0.432. The molecule has 20 heavy (non-hydrogen) atoms. The number of methoxy groups -OCH3 is 1. The Morgan fingerprint density at radius 3 is 2.55 bits per heavy atom. The van der Waals surface area contributed by atoms with E-state index in [1.54, 1.807) is 12.2 Å². The fourth-order valence-electron chi connectivity index (χ4n) is 1.53. The van der Waals surface area contributed by atoms with Crippen LogP contribution in [-0.4, -0.2) is 25.2 Å². The number of ether oxygens (including phenoxy) is 2. The topological polar surface area (TPSA) is 52.6 Å². The van der Waals surface area contributed by atoms with Crippen molar-refractivity contribution in [2.75, 3.05) is 7.11 Å². The zero-order chi connectivity index (χ0) is 14.8. The Bertz CT molecular complexity index is 488. The summed E-state index contributed by atoms with van der Waals surface area (Å²) in [6, 6.07) is 9.69. The van der Waals surface area contributed by atoms with Gasteiger partial charge in [-0.3, -0.25) is 4.79 Å². The summed E-state index contributed by atoms with van der Waals surface area (Å²) in [6.07, 6.45) is 6.60. The van der Waals surface area contributed by atoms with Crippen LogP contribution in [0.15, 0.2) is 48.6 Å². The number of carbonyl (C=O) groups is 2. The summed E-state index contributed by atoms with van der Waals surface area (Å²) in [5, 5.41) is 0. The third-order valence-electron chi connectivity index (χ3n) is 2.44. The lowest BCUT2D eigenvalue weighted by molar-refractivity contribution is -0.143. The van der Waals surface area contributed by atoms with E-state index in [9.17, 15) is 9.59 Å². The SMILES string of the molecule is COC(=O)/C=C/CC(/C=C/c1ccccc1)OC(C)=O. The smallest absolute Gasteiger partial charge is 0.330 e. The Balaban J connectivity index is 2.64. The van der Waals surface area contributed by atoms with E-state index in [2.05, 4.69) is 4.74 Å². The van der Waals surface area contributed by atoms with E-state index in [-0.39, 0.29) is 5.97 Å². The molecule has 106 valence electrons. The predicted octanol–water partition coefficient (Wildman–Crippen LogP) is 2.75. The second-order valence-corrected chi connectivity index (χ2v) is 4.08.